The van der Waals surface area contributed by atoms with Crippen LogP contribution in [0.1, 0.15) is 33.6 Å². The molecule has 0 bridgehead atoms. The average Bonchev–Trinajstić information content (AvgIpc) is 2.06. The van der Waals surface area contributed by atoms with Crippen LogP contribution in [0.25, 0.3) is 0 Å². The van der Waals surface area contributed by atoms with Gasteiger partial charge >= 0.3 is 0 Å². The number of rotatable bonds is 6. The second-order valence-electron chi connectivity index (χ2n) is 3.17. The zero-order valence-electron chi connectivity index (χ0n) is 7.93. The third kappa shape index (κ3) is 5.22. The van der Waals surface area contributed by atoms with Gasteiger partial charge in [-0.3, -0.25) is 0 Å². The minimum atomic E-state index is 0.305. The maximum Gasteiger partial charge on any atom is 0.0471 e. The molecule has 0 aliphatic carbocycles. The summed E-state index contributed by atoms with van der Waals surface area (Å²) in [7, 11) is 0. The van der Waals surface area contributed by atoms with E-state index in [1.165, 1.54) is 0 Å². The lowest BCUT2D eigenvalue weighted by atomic mass is 10.1. The van der Waals surface area contributed by atoms with Gasteiger partial charge in [0.05, 0.1) is 0 Å². The summed E-state index contributed by atoms with van der Waals surface area (Å²) in [5.74, 6) is 0.434. The summed E-state index contributed by atoms with van der Waals surface area (Å²) >= 11 is 0. The van der Waals surface area contributed by atoms with Crippen molar-refractivity contribution in [3.05, 3.63) is 0 Å². The molecule has 0 aromatic carbocycles. The molecular formula is C9H21NO. The third-order valence-corrected chi connectivity index (χ3v) is 2.20. The van der Waals surface area contributed by atoms with E-state index in [1.807, 2.05) is 0 Å². The lowest BCUT2D eigenvalue weighted by molar-refractivity contribution is 0.215. The van der Waals surface area contributed by atoms with Crippen molar-refractivity contribution in [3.8, 4) is 0 Å². The van der Waals surface area contributed by atoms with E-state index in [1.54, 1.807) is 0 Å². The summed E-state index contributed by atoms with van der Waals surface area (Å²) in [6.07, 6.45) is 2.21. The Kier molecular flexibility index (Phi) is 6.57. The van der Waals surface area contributed by atoms with E-state index in [0.29, 0.717) is 18.6 Å². The molecule has 2 heteroatoms. The standard InChI is InChI=1S/C9H21NO/c1-4-8(3)10-6-9(5-2)7-11/h8-11H,4-7H2,1-3H3. The van der Waals surface area contributed by atoms with Gasteiger partial charge in [0, 0.05) is 19.2 Å². The fourth-order valence-electron chi connectivity index (χ4n) is 0.850. The Bertz CT molecular complexity index is 81.6. The van der Waals surface area contributed by atoms with Gasteiger partial charge in [-0.15, -0.1) is 0 Å². The van der Waals surface area contributed by atoms with E-state index in [4.69, 9.17) is 5.11 Å². The zero-order valence-corrected chi connectivity index (χ0v) is 7.93. The summed E-state index contributed by atoms with van der Waals surface area (Å²) in [6, 6.07) is 0.579. The fourth-order valence-corrected chi connectivity index (χ4v) is 0.850. The van der Waals surface area contributed by atoms with Crippen LogP contribution in [0.4, 0.5) is 0 Å². The van der Waals surface area contributed by atoms with Gasteiger partial charge in [0.25, 0.3) is 0 Å². The summed E-state index contributed by atoms with van der Waals surface area (Å²) in [5, 5.41) is 12.2. The van der Waals surface area contributed by atoms with Crippen LogP contribution >= 0.6 is 0 Å². The highest BCUT2D eigenvalue weighted by atomic mass is 16.3. The maximum absolute atomic E-state index is 8.87. The minimum absolute atomic E-state index is 0.305. The van der Waals surface area contributed by atoms with Crippen molar-refractivity contribution in [2.75, 3.05) is 13.2 Å². The van der Waals surface area contributed by atoms with Crippen molar-refractivity contribution in [1.82, 2.24) is 5.32 Å². The lowest BCUT2D eigenvalue weighted by Gasteiger charge is -2.16. The first-order valence-electron chi connectivity index (χ1n) is 4.58. The Morgan fingerprint density at radius 2 is 1.91 bits per heavy atom. The monoisotopic (exact) mass is 159 g/mol. The van der Waals surface area contributed by atoms with E-state index >= 15 is 0 Å². The van der Waals surface area contributed by atoms with Crippen LogP contribution in [-0.4, -0.2) is 24.3 Å². The molecule has 0 rings (SSSR count). The van der Waals surface area contributed by atoms with Crippen LogP contribution in [0.3, 0.4) is 0 Å². The van der Waals surface area contributed by atoms with Gasteiger partial charge in [0.15, 0.2) is 0 Å². The van der Waals surface area contributed by atoms with Crippen molar-refractivity contribution in [2.24, 2.45) is 5.92 Å². The minimum Gasteiger partial charge on any atom is -0.396 e. The molecule has 0 radical (unpaired) electrons. The van der Waals surface area contributed by atoms with Crippen LogP contribution in [0.2, 0.25) is 0 Å². The molecule has 0 heterocycles. The molecule has 0 saturated carbocycles. The molecular weight excluding hydrogens is 138 g/mol. The smallest absolute Gasteiger partial charge is 0.0471 e. The van der Waals surface area contributed by atoms with Crippen molar-refractivity contribution in [3.63, 3.8) is 0 Å². The Labute approximate surface area is 70.0 Å². The molecule has 0 fully saturated rings. The summed E-state index contributed by atoms with van der Waals surface area (Å²) < 4.78 is 0. The molecule has 2 unspecified atom stereocenters. The fraction of sp³-hybridized carbons (Fsp3) is 1.00. The van der Waals surface area contributed by atoms with Crippen molar-refractivity contribution < 1.29 is 5.11 Å². The molecule has 0 amide bonds. The lowest BCUT2D eigenvalue weighted by Crippen LogP contribution is -2.31. The van der Waals surface area contributed by atoms with Gasteiger partial charge in [-0.1, -0.05) is 13.8 Å². The van der Waals surface area contributed by atoms with Crippen LogP contribution in [0, 0.1) is 5.92 Å². The van der Waals surface area contributed by atoms with E-state index in [-0.39, 0.29) is 0 Å². The van der Waals surface area contributed by atoms with Gasteiger partial charge in [0.2, 0.25) is 0 Å². The van der Waals surface area contributed by atoms with Crippen LogP contribution in [0.15, 0.2) is 0 Å². The average molecular weight is 159 g/mol. The van der Waals surface area contributed by atoms with Gasteiger partial charge in [-0.05, 0) is 25.7 Å². The first-order valence-corrected chi connectivity index (χ1v) is 4.58. The largest absolute Gasteiger partial charge is 0.396 e. The number of hydrogen-bond acceptors (Lipinski definition) is 2. The highest BCUT2D eigenvalue weighted by Crippen LogP contribution is 1.99. The van der Waals surface area contributed by atoms with Crippen molar-refractivity contribution >= 4 is 0 Å². The molecule has 11 heavy (non-hydrogen) atoms. The Morgan fingerprint density at radius 1 is 1.27 bits per heavy atom. The van der Waals surface area contributed by atoms with E-state index in [2.05, 4.69) is 26.1 Å². The molecule has 2 N–H and O–H groups in total. The molecule has 2 atom stereocenters. The highest BCUT2D eigenvalue weighted by molar-refractivity contribution is 4.63. The number of aliphatic hydroxyl groups is 1. The maximum atomic E-state index is 8.87. The molecule has 0 aliphatic rings. The van der Waals surface area contributed by atoms with Crippen LogP contribution in [0.5, 0.6) is 0 Å². The molecule has 0 saturated heterocycles. The van der Waals surface area contributed by atoms with E-state index < -0.39 is 0 Å². The van der Waals surface area contributed by atoms with E-state index in [9.17, 15) is 0 Å². The molecule has 0 aromatic heterocycles. The van der Waals surface area contributed by atoms with Crippen LogP contribution in [-0.2, 0) is 0 Å². The van der Waals surface area contributed by atoms with Crippen molar-refractivity contribution in [1.29, 1.82) is 0 Å². The second kappa shape index (κ2) is 6.62. The van der Waals surface area contributed by atoms with Crippen LogP contribution < -0.4 is 5.32 Å². The summed E-state index contributed by atoms with van der Waals surface area (Å²) in [5.41, 5.74) is 0. The number of nitrogens with one attached hydrogen (secondary N) is 1. The molecule has 0 aliphatic heterocycles. The molecule has 68 valence electrons. The zero-order chi connectivity index (χ0) is 8.69. The SMILES string of the molecule is CCC(CO)CNC(C)CC. The highest BCUT2D eigenvalue weighted by Gasteiger charge is 2.05. The molecule has 0 aromatic rings. The summed E-state index contributed by atoms with van der Waals surface area (Å²) in [6.45, 7) is 7.70. The first-order chi connectivity index (χ1) is 5.24. The quantitative estimate of drug-likeness (QED) is 0.614. The Balaban J connectivity index is 3.34. The molecule has 2 nitrogen and oxygen atoms in total. The second-order valence-corrected chi connectivity index (χ2v) is 3.17. The normalized spacial score (nSPS) is 16.4. The third-order valence-electron chi connectivity index (χ3n) is 2.20. The topological polar surface area (TPSA) is 32.3 Å². The Hall–Kier alpha value is -0.0800. The number of hydrogen-bond donors (Lipinski definition) is 2. The van der Waals surface area contributed by atoms with Gasteiger partial charge in [-0.25, -0.2) is 0 Å². The first kappa shape index (κ1) is 10.9. The van der Waals surface area contributed by atoms with E-state index in [0.717, 1.165) is 19.4 Å². The van der Waals surface area contributed by atoms with Gasteiger partial charge < -0.3 is 10.4 Å². The van der Waals surface area contributed by atoms with Crippen molar-refractivity contribution in [2.45, 2.75) is 39.7 Å². The predicted molar refractivity (Wildman–Crippen MR) is 48.6 cm³/mol. The number of aliphatic hydroxyl groups excluding tert-OH is 1. The predicted octanol–water partition coefficient (Wildman–Crippen LogP) is 1.39. The molecule has 0 spiro atoms. The summed E-state index contributed by atoms with van der Waals surface area (Å²) in [4.78, 5) is 0. The van der Waals surface area contributed by atoms with Gasteiger partial charge in [0.1, 0.15) is 0 Å². The Morgan fingerprint density at radius 3 is 2.27 bits per heavy atom. The van der Waals surface area contributed by atoms with Gasteiger partial charge in [-0.2, -0.15) is 0 Å².